The molecule has 0 saturated heterocycles. The summed E-state index contributed by atoms with van der Waals surface area (Å²) in [6.45, 7) is 6.37. The zero-order chi connectivity index (χ0) is 19.7. The van der Waals surface area contributed by atoms with Crippen molar-refractivity contribution in [2.45, 2.75) is 65.7 Å². The molecule has 0 aliphatic heterocycles. The topological polar surface area (TPSA) is 55.8 Å². The van der Waals surface area contributed by atoms with Crippen LogP contribution >= 0.6 is 7.82 Å². The van der Waals surface area contributed by atoms with E-state index in [2.05, 4.69) is 13.8 Å². The van der Waals surface area contributed by atoms with Gasteiger partial charge < -0.3 is 9.05 Å². The van der Waals surface area contributed by atoms with Crippen LogP contribution in [0, 0.1) is 0 Å². The van der Waals surface area contributed by atoms with E-state index in [1.54, 1.807) is 24.3 Å². The molecule has 27 heavy (non-hydrogen) atoms. The van der Waals surface area contributed by atoms with Crippen LogP contribution in [0.5, 0.6) is 11.5 Å². The van der Waals surface area contributed by atoms with Gasteiger partial charge in [-0.25, -0.2) is 4.57 Å². The second-order valence-corrected chi connectivity index (χ2v) is 7.96. The Morgan fingerprint density at radius 2 is 1.56 bits per heavy atom. The standard InChI is InChI=1S/C22H31O4P/c1-4-7-8-10-13-18-16-17-22(21(6-3)20(18)5-2)26-27(23,24)25-19-14-11-9-12-15-19/h9,11-12,14-17H,4-8,10,13H2,1-3H3,(H,23,24). The summed E-state index contributed by atoms with van der Waals surface area (Å²) in [5.74, 6) is 0.748. The fraction of sp³-hybridized carbons (Fsp3) is 0.455. The maximum atomic E-state index is 12.5. The van der Waals surface area contributed by atoms with Crippen LogP contribution in [0.4, 0.5) is 0 Å². The van der Waals surface area contributed by atoms with E-state index >= 15 is 0 Å². The summed E-state index contributed by atoms with van der Waals surface area (Å²) in [4.78, 5) is 10.2. The predicted octanol–water partition coefficient (Wildman–Crippen LogP) is 6.49. The quantitative estimate of drug-likeness (QED) is 0.352. The van der Waals surface area contributed by atoms with Crippen molar-refractivity contribution in [2.75, 3.05) is 0 Å². The number of aryl methyl sites for hydroxylation is 1. The third-order valence-electron chi connectivity index (χ3n) is 4.67. The highest BCUT2D eigenvalue weighted by molar-refractivity contribution is 7.48. The summed E-state index contributed by atoms with van der Waals surface area (Å²) < 4.78 is 23.1. The molecule has 5 heteroatoms. The van der Waals surface area contributed by atoms with Crippen LogP contribution in [0.15, 0.2) is 42.5 Å². The van der Waals surface area contributed by atoms with Crippen LogP contribution in [0.2, 0.25) is 0 Å². The van der Waals surface area contributed by atoms with Crippen molar-refractivity contribution in [3.8, 4) is 11.5 Å². The molecule has 1 unspecified atom stereocenters. The minimum Gasteiger partial charge on any atom is -0.395 e. The van der Waals surface area contributed by atoms with E-state index in [4.69, 9.17) is 9.05 Å². The van der Waals surface area contributed by atoms with Gasteiger partial charge in [-0.05, 0) is 60.6 Å². The molecule has 0 aliphatic carbocycles. The number of para-hydroxylation sites is 1. The van der Waals surface area contributed by atoms with Crippen molar-refractivity contribution >= 4 is 7.82 Å². The van der Waals surface area contributed by atoms with Crippen LogP contribution in [-0.2, 0) is 23.8 Å². The van der Waals surface area contributed by atoms with Gasteiger partial charge in [-0.1, -0.05) is 64.3 Å². The summed E-state index contributed by atoms with van der Waals surface area (Å²) in [6.07, 6.45) is 7.53. The van der Waals surface area contributed by atoms with Gasteiger partial charge in [0, 0.05) is 0 Å². The molecule has 2 aromatic carbocycles. The van der Waals surface area contributed by atoms with E-state index in [-0.39, 0.29) is 0 Å². The Morgan fingerprint density at radius 3 is 2.19 bits per heavy atom. The molecule has 0 radical (unpaired) electrons. The normalized spacial score (nSPS) is 13.2. The van der Waals surface area contributed by atoms with Crippen LogP contribution < -0.4 is 9.05 Å². The summed E-state index contributed by atoms with van der Waals surface area (Å²) in [5, 5.41) is 0. The largest absolute Gasteiger partial charge is 0.584 e. The molecule has 1 atom stereocenters. The Hall–Kier alpha value is -1.77. The molecule has 0 fully saturated rings. The first kappa shape index (κ1) is 21.5. The van der Waals surface area contributed by atoms with Gasteiger partial charge in [-0.15, -0.1) is 0 Å². The molecule has 148 valence electrons. The Kier molecular flexibility index (Phi) is 8.40. The first-order chi connectivity index (χ1) is 13.0. The lowest BCUT2D eigenvalue weighted by molar-refractivity contribution is 0.290. The number of benzene rings is 2. The highest BCUT2D eigenvalue weighted by Gasteiger charge is 2.27. The fourth-order valence-electron chi connectivity index (χ4n) is 3.37. The Bertz CT molecular complexity index is 758. The van der Waals surface area contributed by atoms with Gasteiger partial charge in [-0.2, -0.15) is 0 Å². The summed E-state index contributed by atoms with van der Waals surface area (Å²) in [6, 6.07) is 12.4. The number of phosphoric ester groups is 1. The average Bonchev–Trinajstić information content (AvgIpc) is 2.65. The Labute approximate surface area is 163 Å². The Morgan fingerprint density at radius 1 is 0.852 bits per heavy atom. The van der Waals surface area contributed by atoms with Crippen LogP contribution in [0.25, 0.3) is 0 Å². The fourth-order valence-corrected chi connectivity index (χ4v) is 4.21. The zero-order valence-corrected chi connectivity index (χ0v) is 17.5. The van der Waals surface area contributed by atoms with Crippen molar-refractivity contribution in [3.05, 3.63) is 59.2 Å². The maximum Gasteiger partial charge on any atom is 0.584 e. The van der Waals surface area contributed by atoms with Crippen molar-refractivity contribution in [1.29, 1.82) is 0 Å². The molecule has 0 aromatic heterocycles. The molecule has 0 heterocycles. The highest BCUT2D eigenvalue weighted by atomic mass is 31.2. The first-order valence-corrected chi connectivity index (χ1v) is 11.4. The molecular formula is C22H31O4P. The van der Waals surface area contributed by atoms with E-state index in [0.717, 1.165) is 24.8 Å². The molecule has 0 saturated carbocycles. The van der Waals surface area contributed by atoms with Crippen molar-refractivity contribution in [1.82, 2.24) is 0 Å². The molecule has 1 N–H and O–H groups in total. The third kappa shape index (κ3) is 6.41. The molecule has 0 bridgehead atoms. The van der Waals surface area contributed by atoms with Crippen molar-refractivity contribution < 1.29 is 18.5 Å². The summed E-state index contributed by atoms with van der Waals surface area (Å²) in [5.41, 5.74) is 3.54. The van der Waals surface area contributed by atoms with E-state index < -0.39 is 7.82 Å². The lowest BCUT2D eigenvalue weighted by Gasteiger charge is -2.20. The number of unbranched alkanes of at least 4 members (excludes halogenated alkanes) is 3. The predicted molar refractivity (Wildman–Crippen MR) is 111 cm³/mol. The number of hydrogen-bond donors (Lipinski definition) is 1. The lowest BCUT2D eigenvalue weighted by atomic mass is 9.93. The first-order valence-electron chi connectivity index (χ1n) is 9.91. The van der Waals surface area contributed by atoms with Crippen molar-refractivity contribution in [3.63, 3.8) is 0 Å². The smallest absolute Gasteiger partial charge is 0.395 e. The second-order valence-electron chi connectivity index (χ2n) is 6.66. The van der Waals surface area contributed by atoms with E-state index in [0.29, 0.717) is 11.5 Å². The molecular weight excluding hydrogens is 359 g/mol. The van der Waals surface area contributed by atoms with Crippen LogP contribution in [0.1, 0.15) is 63.1 Å². The van der Waals surface area contributed by atoms with Gasteiger partial charge in [0.15, 0.2) is 0 Å². The number of rotatable bonds is 11. The van der Waals surface area contributed by atoms with E-state index in [1.165, 1.54) is 36.8 Å². The van der Waals surface area contributed by atoms with Gasteiger partial charge in [0.1, 0.15) is 11.5 Å². The molecule has 0 amide bonds. The van der Waals surface area contributed by atoms with Gasteiger partial charge in [0.25, 0.3) is 0 Å². The molecule has 0 spiro atoms. The second kappa shape index (κ2) is 10.5. The summed E-state index contributed by atoms with van der Waals surface area (Å²) >= 11 is 0. The minimum atomic E-state index is -4.25. The average molecular weight is 390 g/mol. The maximum absolute atomic E-state index is 12.5. The molecule has 0 aliphatic rings. The van der Waals surface area contributed by atoms with Crippen LogP contribution in [-0.4, -0.2) is 4.89 Å². The molecule has 4 nitrogen and oxygen atoms in total. The minimum absolute atomic E-state index is 0.310. The molecule has 2 rings (SSSR count). The third-order valence-corrected chi connectivity index (χ3v) is 5.54. The van der Waals surface area contributed by atoms with E-state index in [9.17, 15) is 9.46 Å². The number of hydrogen-bond acceptors (Lipinski definition) is 3. The van der Waals surface area contributed by atoms with Gasteiger partial charge in [0.2, 0.25) is 0 Å². The SMILES string of the molecule is CCCCCCc1ccc(OP(=O)(O)Oc2ccccc2)c(CC)c1CC. The number of phosphoric acid groups is 1. The van der Waals surface area contributed by atoms with Crippen molar-refractivity contribution in [2.24, 2.45) is 0 Å². The van der Waals surface area contributed by atoms with E-state index in [1.807, 2.05) is 25.1 Å². The lowest BCUT2D eigenvalue weighted by Crippen LogP contribution is -2.05. The zero-order valence-electron chi connectivity index (χ0n) is 16.6. The highest BCUT2D eigenvalue weighted by Crippen LogP contribution is 2.46. The summed E-state index contributed by atoms with van der Waals surface area (Å²) in [7, 11) is -4.25. The monoisotopic (exact) mass is 390 g/mol. The molecule has 2 aromatic rings. The van der Waals surface area contributed by atoms with Crippen LogP contribution in [0.3, 0.4) is 0 Å². The Balaban J connectivity index is 2.19. The van der Waals surface area contributed by atoms with Gasteiger partial charge in [0.05, 0.1) is 0 Å². The van der Waals surface area contributed by atoms with Gasteiger partial charge >= 0.3 is 7.82 Å². The van der Waals surface area contributed by atoms with Gasteiger partial charge in [-0.3, -0.25) is 4.89 Å².